The molecule has 2 aromatic heterocycles. The van der Waals surface area contributed by atoms with Crippen LogP contribution in [0.15, 0.2) is 40.8 Å². The van der Waals surface area contributed by atoms with E-state index < -0.39 is 27.2 Å². The molecule has 26 heavy (non-hydrogen) atoms. The van der Waals surface area contributed by atoms with Gasteiger partial charge in [0.1, 0.15) is 5.75 Å². The quantitative estimate of drug-likeness (QED) is 0.344. The van der Waals surface area contributed by atoms with Gasteiger partial charge in [-0.15, -0.1) is 0 Å². The third-order valence-electron chi connectivity index (χ3n) is 4.21. The number of H-pyrrole nitrogens is 2. The van der Waals surface area contributed by atoms with Gasteiger partial charge in [-0.2, -0.15) is 4.90 Å². The van der Waals surface area contributed by atoms with Crippen molar-refractivity contribution in [2.45, 2.75) is 5.92 Å². The second-order valence-electron chi connectivity index (χ2n) is 5.59. The fraction of sp³-hybridized carbons (Fsp3) is 0.0714. The molecule has 1 unspecified atom stereocenters. The molecule has 3 N–H and O–H groups in total. The number of nitro groups is 1. The van der Waals surface area contributed by atoms with E-state index in [2.05, 4.69) is 14.8 Å². The van der Waals surface area contributed by atoms with Gasteiger partial charge in [-0.1, -0.05) is 9.79 Å². The van der Waals surface area contributed by atoms with Gasteiger partial charge in [0.05, 0.1) is 11.0 Å². The van der Waals surface area contributed by atoms with Gasteiger partial charge in [-0.05, 0) is 28.7 Å². The van der Waals surface area contributed by atoms with Gasteiger partial charge in [0.15, 0.2) is 10.5 Å². The number of aromatic nitrogens is 3. The number of aromatic hydroxyl groups is 1. The van der Waals surface area contributed by atoms with Crippen LogP contribution in [0.25, 0.3) is 10.9 Å². The molecule has 132 valence electrons. The van der Waals surface area contributed by atoms with Gasteiger partial charge >= 0.3 is 0 Å². The van der Waals surface area contributed by atoms with Gasteiger partial charge in [0.25, 0.3) is 22.8 Å². The zero-order valence-electron chi connectivity index (χ0n) is 12.7. The summed E-state index contributed by atoms with van der Waals surface area (Å²) in [6.45, 7) is 0. The molecule has 0 bridgehead atoms. The molecule has 0 amide bonds. The van der Waals surface area contributed by atoms with Crippen molar-refractivity contribution in [2.75, 3.05) is 0 Å². The molecule has 3 aromatic rings. The van der Waals surface area contributed by atoms with Crippen molar-refractivity contribution < 1.29 is 24.2 Å². The second-order valence-corrected chi connectivity index (χ2v) is 5.59. The van der Waals surface area contributed by atoms with Crippen LogP contribution >= 0.6 is 0 Å². The van der Waals surface area contributed by atoms with Crippen molar-refractivity contribution in [3.8, 4) is 5.75 Å². The van der Waals surface area contributed by atoms with Crippen LogP contribution in [0.3, 0.4) is 0 Å². The molecule has 1 aromatic carbocycles. The number of hydrogen-bond donors (Lipinski definition) is 3. The summed E-state index contributed by atoms with van der Waals surface area (Å²) in [6, 6.07) is 4.37. The Morgan fingerprint density at radius 2 is 2.04 bits per heavy atom. The summed E-state index contributed by atoms with van der Waals surface area (Å²) < 4.78 is 4.56. The lowest BCUT2D eigenvalue weighted by molar-refractivity contribution is -0.720. The van der Waals surface area contributed by atoms with Gasteiger partial charge in [0.2, 0.25) is 0 Å². The van der Waals surface area contributed by atoms with E-state index in [0.29, 0.717) is 16.5 Å². The number of nitrogens with one attached hydrogen (secondary N) is 2. The first kappa shape index (κ1) is 15.4. The fourth-order valence-electron chi connectivity index (χ4n) is 3.13. The number of allylic oxidation sites excluding steroid dienone is 2. The Bertz CT molecular complexity index is 1180. The second kappa shape index (κ2) is 5.20. The zero-order chi connectivity index (χ0) is 18.6. The number of rotatable bonds is 2. The Hall–Kier alpha value is -4.09. The average Bonchev–Trinajstić information content (AvgIpc) is 3.17. The summed E-state index contributed by atoms with van der Waals surface area (Å²) in [4.78, 5) is 24.9. The van der Waals surface area contributed by atoms with Crippen molar-refractivity contribution >= 4 is 16.6 Å². The Balaban J connectivity index is 2.08. The van der Waals surface area contributed by atoms with Crippen molar-refractivity contribution in [1.29, 1.82) is 0 Å². The molecule has 2 heterocycles. The summed E-state index contributed by atoms with van der Waals surface area (Å²) in [6.07, 6.45) is 2.24. The van der Waals surface area contributed by atoms with Gasteiger partial charge in [0, 0.05) is 17.1 Å². The molecule has 0 aliphatic heterocycles. The third-order valence-corrected chi connectivity index (χ3v) is 4.21. The molecule has 12 heteroatoms. The zero-order valence-corrected chi connectivity index (χ0v) is 12.7. The number of phenols is 1. The SMILES string of the molecule is O=[N+]([O-])C1=CC(=[N+]([O-])[O-])c2[nH]o[n+](=O)c2C1c1c[nH]c2ccc(O)cc12. The fourth-order valence-corrected chi connectivity index (χ4v) is 3.13. The number of fused-ring (bicyclic) bond motifs is 2. The maximum Gasteiger partial charge on any atom is 0.289 e. The van der Waals surface area contributed by atoms with E-state index in [1.54, 1.807) is 6.07 Å². The Morgan fingerprint density at radius 3 is 2.73 bits per heavy atom. The molecule has 1 aliphatic carbocycles. The Labute approximate surface area is 142 Å². The maximum atomic E-state index is 12.1. The summed E-state index contributed by atoms with van der Waals surface area (Å²) >= 11 is 0. The predicted octanol–water partition coefficient (Wildman–Crippen LogP) is 0.812. The summed E-state index contributed by atoms with van der Waals surface area (Å²) in [5.41, 5.74) is -0.917. The maximum absolute atomic E-state index is 12.1. The first-order chi connectivity index (χ1) is 12.4. The van der Waals surface area contributed by atoms with Gasteiger partial charge < -0.3 is 20.5 Å². The lowest BCUT2D eigenvalue weighted by Gasteiger charge is -2.14. The summed E-state index contributed by atoms with van der Waals surface area (Å²) in [7, 11) is 0. The highest BCUT2D eigenvalue weighted by molar-refractivity contribution is 6.06. The molecule has 0 saturated carbocycles. The minimum Gasteiger partial charge on any atom is -0.612 e. The number of benzene rings is 1. The minimum absolute atomic E-state index is 0.0262. The van der Waals surface area contributed by atoms with Gasteiger partial charge in [-0.3, -0.25) is 10.1 Å². The van der Waals surface area contributed by atoms with E-state index >= 15 is 0 Å². The molecule has 0 spiro atoms. The van der Waals surface area contributed by atoms with E-state index in [4.69, 9.17) is 0 Å². The topological polar surface area (TPSA) is 180 Å². The van der Waals surface area contributed by atoms with Crippen LogP contribution < -0.4 is 4.60 Å². The molecule has 4 rings (SSSR count). The Morgan fingerprint density at radius 1 is 1.27 bits per heavy atom. The number of nitrogens with zero attached hydrogens (tertiary/aromatic N) is 3. The van der Waals surface area contributed by atoms with Crippen LogP contribution in [0.5, 0.6) is 5.75 Å². The van der Waals surface area contributed by atoms with E-state index in [1.165, 1.54) is 18.3 Å². The number of phenolic OH excluding ortho intramolecular Hbond substituents is 1. The first-order valence-corrected chi connectivity index (χ1v) is 7.20. The molecule has 1 aliphatic rings. The molecule has 1 atom stereocenters. The van der Waals surface area contributed by atoms with Crippen LogP contribution in [-0.2, 0) is 0 Å². The standard InChI is InChI=1S/C14H9N5O7/c20-6-1-2-9-7(3-6)8(5-15-9)12-10(17(21)22)4-11(18(23)24)13-14(12)19(25)26-16-13/h1-5,12,15H,(H2-,16,20,23,24,25). The molecular weight excluding hydrogens is 350 g/mol. The monoisotopic (exact) mass is 359 g/mol. The molecular formula is C14H9N5O7. The number of hydrogen-bond acceptors (Lipinski definition) is 7. The first-order valence-electron chi connectivity index (χ1n) is 7.20. The van der Waals surface area contributed by atoms with Crippen molar-refractivity contribution in [3.05, 3.63) is 78.6 Å². The number of aromatic amines is 2. The van der Waals surface area contributed by atoms with E-state index in [1.807, 2.05) is 0 Å². The highest BCUT2D eigenvalue weighted by atomic mass is 16.8. The lowest BCUT2D eigenvalue weighted by Crippen LogP contribution is -2.30. The molecule has 0 fully saturated rings. The van der Waals surface area contributed by atoms with Crippen molar-refractivity contribution in [1.82, 2.24) is 10.1 Å². The minimum atomic E-state index is -1.24. The van der Waals surface area contributed by atoms with Crippen LogP contribution in [0.2, 0.25) is 0 Å². The summed E-state index contributed by atoms with van der Waals surface area (Å²) in [5, 5.41) is 46.3. The van der Waals surface area contributed by atoms with Crippen LogP contribution in [0.1, 0.15) is 22.9 Å². The molecule has 12 nitrogen and oxygen atoms in total. The van der Waals surface area contributed by atoms with E-state index in [9.17, 15) is 30.5 Å². The molecule has 0 radical (unpaired) electrons. The van der Waals surface area contributed by atoms with E-state index in [0.717, 1.165) is 6.08 Å². The summed E-state index contributed by atoms with van der Waals surface area (Å²) in [5.74, 6) is -1.32. The smallest absolute Gasteiger partial charge is 0.289 e. The lowest BCUT2D eigenvalue weighted by atomic mass is 9.86. The van der Waals surface area contributed by atoms with Crippen LogP contribution in [0, 0.1) is 25.4 Å². The van der Waals surface area contributed by atoms with Gasteiger partial charge in [-0.25, -0.2) is 0 Å². The predicted molar refractivity (Wildman–Crippen MR) is 84.4 cm³/mol. The average molecular weight is 359 g/mol. The van der Waals surface area contributed by atoms with Crippen LogP contribution in [-0.4, -0.2) is 30.8 Å². The highest BCUT2D eigenvalue weighted by Gasteiger charge is 2.48. The largest absolute Gasteiger partial charge is 0.612 e. The highest BCUT2D eigenvalue weighted by Crippen LogP contribution is 2.39. The van der Waals surface area contributed by atoms with E-state index in [-0.39, 0.29) is 21.7 Å². The molecule has 0 saturated heterocycles. The van der Waals surface area contributed by atoms with Crippen LogP contribution in [0.4, 0.5) is 0 Å². The third kappa shape index (κ3) is 2.05. The normalized spacial score (nSPS) is 16.4. The van der Waals surface area contributed by atoms with Crippen molar-refractivity contribution in [3.63, 3.8) is 0 Å². The van der Waals surface area contributed by atoms with Crippen molar-refractivity contribution in [2.24, 2.45) is 0 Å². The Kier molecular flexibility index (Phi) is 3.09.